The van der Waals surface area contributed by atoms with E-state index >= 15 is 0 Å². The van der Waals surface area contributed by atoms with Gasteiger partial charge in [0, 0.05) is 0 Å². The van der Waals surface area contributed by atoms with E-state index in [2.05, 4.69) is 10.3 Å². The molecular formula is C17H14N2O2S. The van der Waals surface area contributed by atoms with Crippen LogP contribution in [0.5, 0.6) is 5.75 Å². The number of para-hydroxylation sites is 2. The Morgan fingerprint density at radius 3 is 2.59 bits per heavy atom. The maximum absolute atomic E-state index is 12.0. The molecule has 1 heterocycles. The van der Waals surface area contributed by atoms with Crippen molar-refractivity contribution in [3.63, 3.8) is 0 Å². The predicted molar refractivity (Wildman–Crippen MR) is 90.1 cm³/mol. The van der Waals surface area contributed by atoms with E-state index in [0.717, 1.165) is 5.56 Å². The van der Waals surface area contributed by atoms with Crippen LogP contribution in [0.15, 0.2) is 58.4 Å². The molecule has 3 rings (SSSR count). The topological polar surface area (TPSA) is 61.7 Å². The second-order valence-electron chi connectivity index (χ2n) is 4.88. The highest BCUT2D eigenvalue weighted by atomic mass is 32.2. The molecule has 0 atom stereocenters. The molecule has 0 unspecified atom stereocenters. The number of hydrogen-bond acceptors (Lipinski definition) is 4. The SMILES string of the molecule is Cc1ccc(/C=C2\SC(=Nc3ccccc3O)NC2=O)cc1. The van der Waals surface area contributed by atoms with Crippen LogP contribution >= 0.6 is 11.8 Å². The molecule has 2 N–H and O–H groups in total. The summed E-state index contributed by atoms with van der Waals surface area (Å²) in [6.45, 7) is 2.02. The van der Waals surface area contributed by atoms with Gasteiger partial charge >= 0.3 is 0 Å². The normalized spacial score (nSPS) is 18.0. The van der Waals surface area contributed by atoms with E-state index in [1.807, 2.05) is 37.3 Å². The fraction of sp³-hybridized carbons (Fsp3) is 0.0588. The van der Waals surface area contributed by atoms with Gasteiger partial charge in [-0.3, -0.25) is 4.79 Å². The standard InChI is InChI=1S/C17H14N2O2S/c1-11-6-8-12(9-7-11)10-15-16(21)19-17(22-15)18-13-4-2-3-5-14(13)20/h2-10,20H,1H3,(H,18,19,21)/b15-10-. The van der Waals surface area contributed by atoms with Crippen molar-refractivity contribution in [1.29, 1.82) is 0 Å². The summed E-state index contributed by atoms with van der Waals surface area (Å²) in [6, 6.07) is 14.7. The maximum atomic E-state index is 12.0. The first-order valence-corrected chi connectivity index (χ1v) is 7.58. The van der Waals surface area contributed by atoms with Crippen LogP contribution in [0.25, 0.3) is 6.08 Å². The maximum Gasteiger partial charge on any atom is 0.264 e. The zero-order valence-electron chi connectivity index (χ0n) is 11.9. The highest BCUT2D eigenvalue weighted by Crippen LogP contribution is 2.31. The van der Waals surface area contributed by atoms with E-state index in [-0.39, 0.29) is 11.7 Å². The van der Waals surface area contributed by atoms with E-state index in [9.17, 15) is 9.90 Å². The van der Waals surface area contributed by atoms with Gasteiger partial charge < -0.3 is 10.4 Å². The molecule has 110 valence electrons. The Morgan fingerprint density at radius 2 is 1.86 bits per heavy atom. The highest BCUT2D eigenvalue weighted by molar-refractivity contribution is 8.18. The Bertz CT molecular complexity index is 780. The van der Waals surface area contributed by atoms with Gasteiger partial charge in [-0.2, -0.15) is 0 Å². The molecule has 1 aliphatic rings. The van der Waals surface area contributed by atoms with Crippen LogP contribution in [0.2, 0.25) is 0 Å². The van der Waals surface area contributed by atoms with Crippen LogP contribution in [-0.4, -0.2) is 16.2 Å². The van der Waals surface area contributed by atoms with Crippen molar-refractivity contribution in [1.82, 2.24) is 5.32 Å². The van der Waals surface area contributed by atoms with Gasteiger partial charge in [0.1, 0.15) is 11.4 Å². The third-order valence-electron chi connectivity index (χ3n) is 3.13. The molecule has 2 aromatic carbocycles. The molecule has 1 saturated heterocycles. The average molecular weight is 310 g/mol. The summed E-state index contributed by atoms with van der Waals surface area (Å²) < 4.78 is 0. The summed E-state index contributed by atoms with van der Waals surface area (Å²) in [6.07, 6.45) is 1.83. The fourth-order valence-electron chi connectivity index (χ4n) is 1.96. The van der Waals surface area contributed by atoms with Gasteiger partial charge in [-0.05, 0) is 42.5 Å². The molecule has 2 aromatic rings. The molecule has 0 saturated carbocycles. The number of amidine groups is 1. The molecule has 0 bridgehead atoms. The van der Waals surface area contributed by atoms with Gasteiger partial charge in [0.2, 0.25) is 0 Å². The number of aromatic hydroxyl groups is 1. The second kappa shape index (κ2) is 6.07. The van der Waals surface area contributed by atoms with Gasteiger partial charge in [0.05, 0.1) is 4.91 Å². The Labute approximate surface area is 132 Å². The number of benzene rings is 2. The minimum absolute atomic E-state index is 0.0841. The number of carbonyl (C=O) groups is 1. The number of aryl methyl sites for hydroxylation is 1. The average Bonchev–Trinajstić information content (AvgIpc) is 2.84. The van der Waals surface area contributed by atoms with E-state index in [4.69, 9.17) is 0 Å². The molecule has 1 aliphatic heterocycles. The molecule has 0 aromatic heterocycles. The Morgan fingerprint density at radius 1 is 1.14 bits per heavy atom. The molecule has 1 fully saturated rings. The minimum Gasteiger partial charge on any atom is -0.506 e. The first-order valence-electron chi connectivity index (χ1n) is 6.76. The molecule has 0 aliphatic carbocycles. The van der Waals surface area contributed by atoms with E-state index in [1.54, 1.807) is 24.3 Å². The molecular weight excluding hydrogens is 296 g/mol. The smallest absolute Gasteiger partial charge is 0.264 e. The van der Waals surface area contributed by atoms with Crippen LogP contribution in [0.1, 0.15) is 11.1 Å². The largest absolute Gasteiger partial charge is 0.506 e. The summed E-state index contributed by atoms with van der Waals surface area (Å²) in [5.74, 6) is -0.0967. The first kappa shape index (κ1) is 14.4. The van der Waals surface area contributed by atoms with Crippen molar-refractivity contribution in [3.8, 4) is 5.75 Å². The summed E-state index contributed by atoms with van der Waals surface area (Å²) in [7, 11) is 0. The monoisotopic (exact) mass is 310 g/mol. The van der Waals surface area contributed by atoms with Crippen LogP contribution in [0.3, 0.4) is 0 Å². The lowest BCUT2D eigenvalue weighted by atomic mass is 10.1. The quantitative estimate of drug-likeness (QED) is 0.833. The van der Waals surface area contributed by atoms with Crippen LogP contribution < -0.4 is 5.32 Å². The van der Waals surface area contributed by atoms with Crippen molar-refractivity contribution in [2.75, 3.05) is 0 Å². The van der Waals surface area contributed by atoms with Crippen molar-refractivity contribution >= 4 is 34.6 Å². The van der Waals surface area contributed by atoms with E-state index in [1.165, 1.54) is 17.3 Å². The Balaban J connectivity index is 1.84. The minimum atomic E-state index is -0.181. The number of carbonyl (C=O) groups excluding carboxylic acids is 1. The number of amides is 1. The van der Waals surface area contributed by atoms with Crippen LogP contribution in [0.4, 0.5) is 5.69 Å². The van der Waals surface area contributed by atoms with Gasteiger partial charge in [0.25, 0.3) is 5.91 Å². The van der Waals surface area contributed by atoms with Crippen LogP contribution in [0, 0.1) is 6.92 Å². The summed E-state index contributed by atoms with van der Waals surface area (Å²) in [5, 5.41) is 12.9. The fourth-order valence-corrected chi connectivity index (χ4v) is 2.80. The number of hydrogen-bond donors (Lipinski definition) is 2. The summed E-state index contributed by atoms with van der Waals surface area (Å²) >= 11 is 1.26. The number of nitrogens with zero attached hydrogens (tertiary/aromatic N) is 1. The third-order valence-corrected chi connectivity index (χ3v) is 4.04. The van der Waals surface area contributed by atoms with E-state index < -0.39 is 0 Å². The Kier molecular flexibility index (Phi) is 3.98. The number of phenols is 1. The van der Waals surface area contributed by atoms with Gasteiger partial charge in [-0.1, -0.05) is 42.0 Å². The van der Waals surface area contributed by atoms with Crippen molar-refractivity contribution < 1.29 is 9.90 Å². The number of thioether (sulfide) groups is 1. The third kappa shape index (κ3) is 3.20. The zero-order chi connectivity index (χ0) is 15.5. The number of rotatable bonds is 2. The highest BCUT2D eigenvalue weighted by Gasteiger charge is 2.23. The molecule has 5 heteroatoms. The lowest BCUT2D eigenvalue weighted by molar-refractivity contribution is -0.115. The number of aliphatic imine (C=N–C) groups is 1. The van der Waals surface area contributed by atoms with Gasteiger partial charge in [-0.15, -0.1) is 0 Å². The predicted octanol–water partition coefficient (Wildman–Crippen LogP) is 3.59. The molecule has 22 heavy (non-hydrogen) atoms. The van der Waals surface area contributed by atoms with Crippen LogP contribution in [-0.2, 0) is 4.79 Å². The lowest BCUT2D eigenvalue weighted by Gasteiger charge is -1.98. The first-order chi connectivity index (χ1) is 10.6. The molecule has 0 spiro atoms. The molecule has 1 amide bonds. The molecule has 0 radical (unpaired) electrons. The number of nitrogens with one attached hydrogen (secondary N) is 1. The van der Waals surface area contributed by atoms with Crippen molar-refractivity contribution in [3.05, 3.63) is 64.6 Å². The second-order valence-corrected chi connectivity index (χ2v) is 5.91. The Hall–Kier alpha value is -2.53. The van der Waals surface area contributed by atoms with Gasteiger partial charge in [0.15, 0.2) is 5.17 Å². The number of phenolic OH excluding ortho intramolecular Hbond substituents is 1. The summed E-state index contributed by atoms with van der Waals surface area (Å²) in [4.78, 5) is 16.8. The molecule has 4 nitrogen and oxygen atoms in total. The van der Waals surface area contributed by atoms with E-state index in [0.29, 0.717) is 15.8 Å². The lowest BCUT2D eigenvalue weighted by Crippen LogP contribution is -2.19. The summed E-state index contributed by atoms with van der Waals surface area (Å²) in [5.41, 5.74) is 2.57. The van der Waals surface area contributed by atoms with Crippen molar-refractivity contribution in [2.45, 2.75) is 6.92 Å². The van der Waals surface area contributed by atoms with Crippen molar-refractivity contribution in [2.24, 2.45) is 4.99 Å². The van der Waals surface area contributed by atoms with Gasteiger partial charge in [-0.25, -0.2) is 4.99 Å². The zero-order valence-corrected chi connectivity index (χ0v) is 12.7.